The Hall–Kier alpha value is -2.63. The van der Waals surface area contributed by atoms with Crippen LogP contribution in [0.5, 0.6) is 0 Å². The van der Waals surface area contributed by atoms with Gasteiger partial charge in [0.15, 0.2) is 5.69 Å². The van der Waals surface area contributed by atoms with Crippen LogP contribution in [0.1, 0.15) is 40.4 Å². The molecule has 6 nitrogen and oxygen atoms in total. The van der Waals surface area contributed by atoms with Gasteiger partial charge in [-0.3, -0.25) is 9.59 Å². The molecule has 0 aliphatic heterocycles. The minimum atomic E-state index is -0.361. The maximum Gasteiger partial charge on any atom is 0.272 e. The number of carbonyl (C=O) groups is 2. The Bertz CT molecular complexity index is 633. The molecular formula is C16H20N4O2. The Balaban J connectivity index is 2.08. The summed E-state index contributed by atoms with van der Waals surface area (Å²) in [4.78, 5) is 33.0. The Kier molecular flexibility index (Phi) is 5.30. The van der Waals surface area contributed by atoms with Crippen LogP contribution in [0, 0.1) is 0 Å². The van der Waals surface area contributed by atoms with Crippen LogP contribution in [0.2, 0.25) is 0 Å². The smallest absolute Gasteiger partial charge is 0.272 e. The maximum atomic E-state index is 12.3. The number of hydrogen-bond donors (Lipinski definition) is 2. The Morgan fingerprint density at radius 3 is 2.50 bits per heavy atom. The molecule has 2 rings (SSSR count). The number of rotatable bonds is 6. The van der Waals surface area contributed by atoms with E-state index < -0.39 is 0 Å². The van der Waals surface area contributed by atoms with Crippen LogP contribution < -0.4 is 5.32 Å². The average Bonchev–Trinajstić information content (AvgIpc) is 3.04. The topological polar surface area (TPSA) is 78.1 Å². The summed E-state index contributed by atoms with van der Waals surface area (Å²) in [6.45, 7) is 5.35. The van der Waals surface area contributed by atoms with Crippen molar-refractivity contribution in [1.82, 2.24) is 20.2 Å². The summed E-state index contributed by atoms with van der Waals surface area (Å²) in [6, 6.07) is 9.58. The molecule has 0 unspecified atom stereocenters. The van der Waals surface area contributed by atoms with E-state index in [0.717, 1.165) is 5.56 Å². The molecule has 0 bridgehead atoms. The van der Waals surface area contributed by atoms with Crippen molar-refractivity contribution < 1.29 is 9.59 Å². The molecule has 1 aromatic heterocycles. The number of imidazole rings is 1. The fourth-order valence-corrected chi connectivity index (χ4v) is 2.16. The average molecular weight is 300 g/mol. The Morgan fingerprint density at radius 2 is 1.86 bits per heavy atom. The van der Waals surface area contributed by atoms with Gasteiger partial charge in [0.1, 0.15) is 5.69 Å². The van der Waals surface area contributed by atoms with Gasteiger partial charge >= 0.3 is 0 Å². The summed E-state index contributed by atoms with van der Waals surface area (Å²) in [5.41, 5.74) is 1.35. The molecule has 2 aromatic rings. The quantitative estimate of drug-likeness (QED) is 0.854. The first kappa shape index (κ1) is 15.8. The molecule has 2 amide bonds. The lowest BCUT2D eigenvalue weighted by atomic mass is 10.2. The summed E-state index contributed by atoms with van der Waals surface area (Å²) in [5, 5.41) is 2.78. The highest BCUT2D eigenvalue weighted by molar-refractivity contribution is 6.04. The molecule has 0 saturated carbocycles. The summed E-state index contributed by atoms with van der Waals surface area (Å²) >= 11 is 0. The molecule has 0 atom stereocenters. The molecule has 0 fully saturated rings. The minimum absolute atomic E-state index is 0.132. The third-order valence-electron chi connectivity index (χ3n) is 3.41. The van der Waals surface area contributed by atoms with Crippen LogP contribution in [-0.2, 0) is 6.54 Å². The van der Waals surface area contributed by atoms with E-state index in [1.807, 2.05) is 44.2 Å². The van der Waals surface area contributed by atoms with Gasteiger partial charge in [-0.05, 0) is 19.4 Å². The zero-order chi connectivity index (χ0) is 15.9. The molecule has 0 spiro atoms. The predicted molar refractivity (Wildman–Crippen MR) is 83.5 cm³/mol. The van der Waals surface area contributed by atoms with Crippen LogP contribution in [0.15, 0.2) is 36.7 Å². The third-order valence-corrected chi connectivity index (χ3v) is 3.41. The highest BCUT2D eigenvalue weighted by Gasteiger charge is 2.23. The second kappa shape index (κ2) is 7.40. The van der Waals surface area contributed by atoms with Gasteiger partial charge in [0.2, 0.25) is 0 Å². The summed E-state index contributed by atoms with van der Waals surface area (Å²) in [7, 11) is 0. The lowest BCUT2D eigenvalue weighted by molar-refractivity contribution is 0.0760. The van der Waals surface area contributed by atoms with Gasteiger partial charge in [0.25, 0.3) is 11.8 Å². The first-order valence-corrected chi connectivity index (χ1v) is 7.32. The molecule has 1 heterocycles. The highest BCUT2D eigenvalue weighted by atomic mass is 16.2. The first-order valence-electron chi connectivity index (χ1n) is 7.32. The van der Waals surface area contributed by atoms with Gasteiger partial charge in [0, 0.05) is 19.6 Å². The van der Waals surface area contributed by atoms with Crippen LogP contribution in [-0.4, -0.2) is 39.8 Å². The Labute approximate surface area is 129 Å². The van der Waals surface area contributed by atoms with Crippen LogP contribution in [0.25, 0.3) is 0 Å². The van der Waals surface area contributed by atoms with Gasteiger partial charge in [-0.2, -0.15) is 0 Å². The van der Waals surface area contributed by atoms with Crippen LogP contribution >= 0.6 is 0 Å². The highest BCUT2D eigenvalue weighted by Crippen LogP contribution is 2.08. The number of aromatic amines is 1. The standard InChI is InChI=1S/C16H20N4O2/c1-3-20(4-2)16(22)14-13(18-11-19-14)15(21)17-10-12-8-6-5-7-9-12/h5-9,11H,3-4,10H2,1-2H3,(H,17,21)(H,18,19). The zero-order valence-corrected chi connectivity index (χ0v) is 12.8. The molecule has 0 saturated heterocycles. The van der Waals surface area contributed by atoms with Gasteiger partial charge in [-0.25, -0.2) is 4.98 Å². The SMILES string of the molecule is CCN(CC)C(=O)c1[nH]cnc1C(=O)NCc1ccccc1. The number of H-pyrrole nitrogens is 1. The summed E-state index contributed by atoms with van der Waals surface area (Å²) in [6.07, 6.45) is 1.37. The summed E-state index contributed by atoms with van der Waals surface area (Å²) in [5.74, 6) is -0.576. The van der Waals surface area contributed by atoms with Crippen LogP contribution in [0.4, 0.5) is 0 Å². The fraction of sp³-hybridized carbons (Fsp3) is 0.312. The molecule has 0 radical (unpaired) electrons. The van der Waals surface area contributed by atoms with Gasteiger partial charge < -0.3 is 15.2 Å². The molecule has 22 heavy (non-hydrogen) atoms. The van der Waals surface area contributed by atoms with Crippen molar-refractivity contribution >= 4 is 11.8 Å². The fourth-order valence-electron chi connectivity index (χ4n) is 2.16. The number of aromatic nitrogens is 2. The molecule has 0 aliphatic rings. The van der Waals surface area contributed by atoms with E-state index in [9.17, 15) is 9.59 Å². The Morgan fingerprint density at radius 1 is 1.18 bits per heavy atom. The second-order valence-electron chi connectivity index (χ2n) is 4.77. The molecule has 1 aromatic carbocycles. The van der Waals surface area contributed by atoms with E-state index >= 15 is 0 Å². The van der Waals surface area contributed by atoms with Crippen molar-refractivity contribution in [3.8, 4) is 0 Å². The molecule has 6 heteroatoms. The van der Waals surface area contributed by atoms with Crippen molar-refractivity contribution in [3.63, 3.8) is 0 Å². The number of nitrogens with zero attached hydrogens (tertiary/aromatic N) is 2. The van der Waals surface area contributed by atoms with E-state index in [4.69, 9.17) is 0 Å². The van der Waals surface area contributed by atoms with E-state index in [-0.39, 0.29) is 23.2 Å². The van der Waals surface area contributed by atoms with Gasteiger partial charge in [-0.1, -0.05) is 30.3 Å². The number of benzene rings is 1. The minimum Gasteiger partial charge on any atom is -0.347 e. The first-order chi connectivity index (χ1) is 10.7. The van der Waals surface area contributed by atoms with E-state index in [1.165, 1.54) is 6.33 Å². The molecule has 116 valence electrons. The van der Waals surface area contributed by atoms with Crippen molar-refractivity contribution in [2.75, 3.05) is 13.1 Å². The lowest BCUT2D eigenvalue weighted by Gasteiger charge is -2.18. The van der Waals surface area contributed by atoms with Crippen LogP contribution in [0.3, 0.4) is 0 Å². The molecule has 2 N–H and O–H groups in total. The second-order valence-corrected chi connectivity index (χ2v) is 4.77. The largest absolute Gasteiger partial charge is 0.347 e. The van der Waals surface area contributed by atoms with Crippen molar-refractivity contribution in [1.29, 1.82) is 0 Å². The predicted octanol–water partition coefficient (Wildman–Crippen LogP) is 1.82. The van der Waals surface area contributed by atoms with Gasteiger partial charge in [0.05, 0.1) is 6.33 Å². The molecule has 0 aliphatic carbocycles. The van der Waals surface area contributed by atoms with Crippen molar-refractivity contribution in [2.45, 2.75) is 20.4 Å². The van der Waals surface area contributed by atoms with Crippen molar-refractivity contribution in [3.05, 3.63) is 53.6 Å². The monoisotopic (exact) mass is 300 g/mol. The van der Waals surface area contributed by atoms with Crippen molar-refractivity contribution in [2.24, 2.45) is 0 Å². The number of amides is 2. The van der Waals surface area contributed by atoms with E-state index in [1.54, 1.807) is 4.90 Å². The number of hydrogen-bond acceptors (Lipinski definition) is 3. The molecular weight excluding hydrogens is 280 g/mol. The zero-order valence-electron chi connectivity index (χ0n) is 12.8. The lowest BCUT2D eigenvalue weighted by Crippen LogP contribution is -2.33. The third kappa shape index (κ3) is 3.52. The summed E-state index contributed by atoms with van der Waals surface area (Å²) < 4.78 is 0. The van der Waals surface area contributed by atoms with Gasteiger partial charge in [-0.15, -0.1) is 0 Å². The number of nitrogens with one attached hydrogen (secondary N) is 2. The van der Waals surface area contributed by atoms with E-state index in [0.29, 0.717) is 19.6 Å². The number of carbonyl (C=O) groups excluding carboxylic acids is 2. The normalized spacial score (nSPS) is 10.3. The van der Waals surface area contributed by atoms with E-state index in [2.05, 4.69) is 15.3 Å². The maximum absolute atomic E-state index is 12.3.